The molecule has 0 aliphatic carbocycles. The van der Waals surface area contributed by atoms with Gasteiger partial charge in [0, 0.05) is 5.56 Å². The second kappa shape index (κ2) is 11.5. The zero-order valence-electron chi connectivity index (χ0n) is 21.3. The molecule has 0 N–H and O–H groups in total. The van der Waals surface area contributed by atoms with Gasteiger partial charge in [-0.05, 0) is 69.5 Å². The summed E-state index contributed by atoms with van der Waals surface area (Å²) in [4.78, 5) is 0. The molecule has 0 aromatic heterocycles. The van der Waals surface area contributed by atoms with Crippen molar-refractivity contribution in [1.29, 1.82) is 5.26 Å². The van der Waals surface area contributed by atoms with Crippen LogP contribution in [0.2, 0.25) is 0 Å². The molecule has 1 atom stereocenters. The van der Waals surface area contributed by atoms with Gasteiger partial charge in [-0.1, -0.05) is 122 Å². The monoisotopic (exact) mass is 493 g/mol. The first kappa shape index (κ1) is 24.9. The molecule has 0 bridgehead atoms. The molecule has 1 nitrogen and oxygen atoms in total. The Morgan fingerprint density at radius 1 is 0.684 bits per heavy atom. The van der Waals surface area contributed by atoms with Crippen LogP contribution in [-0.4, -0.2) is 0 Å². The Balaban J connectivity index is 1.23. The number of hydrogen-bond acceptors (Lipinski definition) is 1. The summed E-state index contributed by atoms with van der Waals surface area (Å²) in [6.45, 7) is 2.27. The van der Waals surface area contributed by atoms with E-state index in [1.165, 1.54) is 22.8 Å². The van der Waals surface area contributed by atoms with Crippen molar-refractivity contribution in [2.75, 3.05) is 0 Å². The van der Waals surface area contributed by atoms with Crippen molar-refractivity contribution < 1.29 is 4.39 Å². The zero-order valence-corrected chi connectivity index (χ0v) is 21.3. The lowest BCUT2D eigenvalue weighted by Gasteiger charge is -2.12. The van der Waals surface area contributed by atoms with E-state index in [2.05, 4.69) is 91.9 Å². The third kappa shape index (κ3) is 5.97. The minimum Gasteiger partial charge on any atom is -0.206 e. The van der Waals surface area contributed by atoms with Gasteiger partial charge in [-0.25, -0.2) is 4.39 Å². The van der Waals surface area contributed by atoms with Crippen molar-refractivity contribution in [3.63, 3.8) is 0 Å². The van der Waals surface area contributed by atoms with Gasteiger partial charge in [0.1, 0.15) is 5.82 Å². The third-order valence-electron chi connectivity index (χ3n) is 6.91. The SMILES string of the molecule is C[C@H](Cc1ccc(-c2ccc(C=Cc3ccc(-c4ccc(C#N)cc4)cc3F)cc2)cc1)c1ccccc1. The van der Waals surface area contributed by atoms with Crippen LogP contribution in [0.4, 0.5) is 4.39 Å². The van der Waals surface area contributed by atoms with Crippen molar-refractivity contribution in [2.45, 2.75) is 19.3 Å². The normalized spacial score (nSPS) is 11.8. The number of rotatable bonds is 7. The average molecular weight is 494 g/mol. The van der Waals surface area contributed by atoms with Gasteiger partial charge in [0.05, 0.1) is 11.6 Å². The largest absolute Gasteiger partial charge is 0.206 e. The van der Waals surface area contributed by atoms with E-state index in [-0.39, 0.29) is 5.82 Å². The van der Waals surface area contributed by atoms with Crippen LogP contribution in [0.25, 0.3) is 34.4 Å². The standard InChI is InChI=1S/C36H28FN/c1-26(30-5-3-2-4-6-30)23-28-10-16-32(17-11-28)31-14-7-27(8-15-31)9-20-34-21-22-35(24-36(34)37)33-18-12-29(25-38)13-19-33/h2-22,24,26H,23H2,1H3/t26-/m1/s1. The van der Waals surface area contributed by atoms with Gasteiger partial charge in [-0.15, -0.1) is 0 Å². The molecule has 5 aromatic carbocycles. The third-order valence-corrected chi connectivity index (χ3v) is 6.91. The Bertz CT molecular complexity index is 1570. The quantitative estimate of drug-likeness (QED) is 0.207. The number of halogens is 1. The molecular weight excluding hydrogens is 465 g/mol. The minimum absolute atomic E-state index is 0.276. The molecule has 0 saturated heterocycles. The molecule has 0 radical (unpaired) electrons. The molecule has 0 amide bonds. The van der Waals surface area contributed by atoms with E-state index in [1.807, 2.05) is 24.3 Å². The summed E-state index contributed by atoms with van der Waals surface area (Å²) in [7, 11) is 0. The van der Waals surface area contributed by atoms with Gasteiger partial charge in [-0.3, -0.25) is 0 Å². The summed E-state index contributed by atoms with van der Waals surface area (Å²) in [5.41, 5.74) is 8.83. The van der Waals surface area contributed by atoms with E-state index in [4.69, 9.17) is 5.26 Å². The van der Waals surface area contributed by atoms with E-state index in [0.29, 0.717) is 17.0 Å². The molecule has 0 heterocycles. The fourth-order valence-corrected chi connectivity index (χ4v) is 4.64. The van der Waals surface area contributed by atoms with Crippen LogP contribution in [0.3, 0.4) is 0 Å². The second-order valence-corrected chi connectivity index (χ2v) is 9.59. The van der Waals surface area contributed by atoms with Crippen LogP contribution in [-0.2, 0) is 6.42 Å². The Morgan fingerprint density at radius 3 is 1.89 bits per heavy atom. The highest BCUT2D eigenvalue weighted by Gasteiger charge is 2.07. The summed E-state index contributed by atoms with van der Waals surface area (Å²) in [5.74, 6) is 0.200. The predicted octanol–water partition coefficient (Wildman–Crippen LogP) is 9.55. The van der Waals surface area contributed by atoms with E-state index >= 15 is 0 Å². The van der Waals surface area contributed by atoms with E-state index in [1.54, 1.807) is 24.3 Å². The predicted molar refractivity (Wildman–Crippen MR) is 156 cm³/mol. The Kier molecular flexibility index (Phi) is 7.57. The highest BCUT2D eigenvalue weighted by molar-refractivity contribution is 5.74. The Hall–Kier alpha value is -4.74. The van der Waals surface area contributed by atoms with Gasteiger partial charge in [-0.2, -0.15) is 5.26 Å². The van der Waals surface area contributed by atoms with Crippen LogP contribution in [0.5, 0.6) is 0 Å². The first-order valence-corrected chi connectivity index (χ1v) is 12.8. The average Bonchev–Trinajstić information content (AvgIpc) is 2.98. The molecule has 5 aromatic rings. The maximum absolute atomic E-state index is 14.8. The molecule has 38 heavy (non-hydrogen) atoms. The highest BCUT2D eigenvalue weighted by atomic mass is 19.1. The second-order valence-electron chi connectivity index (χ2n) is 9.59. The molecule has 0 unspecified atom stereocenters. The van der Waals surface area contributed by atoms with Gasteiger partial charge in [0.15, 0.2) is 0 Å². The van der Waals surface area contributed by atoms with Crippen LogP contribution in [0.15, 0.2) is 121 Å². The van der Waals surface area contributed by atoms with Crippen molar-refractivity contribution in [2.24, 2.45) is 0 Å². The van der Waals surface area contributed by atoms with E-state index in [0.717, 1.165) is 28.7 Å². The summed E-state index contributed by atoms with van der Waals surface area (Å²) in [6, 6.07) is 42.2. The molecule has 0 fully saturated rings. The molecule has 0 aliphatic rings. The molecule has 0 aliphatic heterocycles. The number of hydrogen-bond donors (Lipinski definition) is 0. The van der Waals surface area contributed by atoms with Gasteiger partial charge < -0.3 is 0 Å². The lowest BCUT2D eigenvalue weighted by molar-refractivity contribution is 0.625. The molecule has 184 valence electrons. The molecule has 0 saturated carbocycles. The van der Waals surface area contributed by atoms with Gasteiger partial charge in [0.25, 0.3) is 0 Å². The molecular formula is C36H28FN. The maximum Gasteiger partial charge on any atom is 0.131 e. The van der Waals surface area contributed by atoms with Crippen LogP contribution in [0, 0.1) is 17.1 Å². The van der Waals surface area contributed by atoms with Crippen molar-refractivity contribution in [3.05, 3.63) is 155 Å². The zero-order chi connectivity index (χ0) is 26.3. The summed E-state index contributed by atoms with van der Waals surface area (Å²) < 4.78 is 14.8. The highest BCUT2D eigenvalue weighted by Crippen LogP contribution is 2.26. The fourth-order valence-electron chi connectivity index (χ4n) is 4.64. The first-order chi connectivity index (χ1) is 18.6. The summed E-state index contributed by atoms with van der Waals surface area (Å²) in [6.07, 6.45) is 4.74. The molecule has 5 rings (SSSR count). The number of benzene rings is 5. The van der Waals surface area contributed by atoms with Gasteiger partial charge in [0.2, 0.25) is 0 Å². The van der Waals surface area contributed by atoms with E-state index < -0.39 is 0 Å². The van der Waals surface area contributed by atoms with Gasteiger partial charge >= 0.3 is 0 Å². The lowest BCUT2D eigenvalue weighted by atomic mass is 9.93. The van der Waals surface area contributed by atoms with Crippen molar-refractivity contribution in [1.82, 2.24) is 0 Å². The van der Waals surface area contributed by atoms with E-state index in [9.17, 15) is 4.39 Å². The summed E-state index contributed by atoms with van der Waals surface area (Å²) in [5, 5.41) is 8.96. The minimum atomic E-state index is -0.276. The molecule has 0 spiro atoms. The van der Waals surface area contributed by atoms with Crippen molar-refractivity contribution >= 4 is 12.2 Å². The smallest absolute Gasteiger partial charge is 0.131 e. The van der Waals surface area contributed by atoms with Crippen LogP contribution >= 0.6 is 0 Å². The Morgan fingerprint density at radius 2 is 1.26 bits per heavy atom. The Labute approximate surface area is 224 Å². The summed E-state index contributed by atoms with van der Waals surface area (Å²) >= 11 is 0. The molecule has 2 heteroatoms. The van der Waals surface area contributed by atoms with Crippen LogP contribution in [0.1, 0.15) is 40.7 Å². The first-order valence-electron chi connectivity index (χ1n) is 12.8. The fraction of sp³-hybridized carbons (Fsp3) is 0.0833. The topological polar surface area (TPSA) is 23.8 Å². The van der Waals surface area contributed by atoms with Crippen LogP contribution < -0.4 is 0 Å². The number of nitrogens with zero attached hydrogens (tertiary/aromatic N) is 1. The maximum atomic E-state index is 14.8. The van der Waals surface area contributed by atoms with Crippen molar-refractivity contribution in [3.8, 4) is 28.3 Å². The number of nitriles is 1. The lowest BCUT2D eigenvalue weighted by Crippen LogP contribution is -1.98.